The van der Waals surface area contributed by atoms with Crippen LogP contribution in [0.2, 0.25) is 0 Å². The van der Waals surface area contributed by atoms with Crippen LogP contribution in [0.25, 0.3) is 0 Å². The molecule has 0 radical (unpaired) electrons. The molecule has 0 aliphatic carbocycles. The molecule has 0 saturated carbocycles. The van der Waals surface area contributed by atoms with E-state index in [9.17, 15) is 4.39 Å². The van der Waals surface area contributed by atoms with E-state index in [-0.39, 0.29) is 5.82 Å². The van der Waals surface area contributed by atoms with Gasteiger partial charge in [0.1, 0.15) is 11.6 Å². The number of hydrogen-bond donors (Lipinski definition) is 1. The molecule has 0 atom stereocenters. The number of aryl methyl sites for hydroxylation is 1. The summed E-state index contributed by atoms with van der Waals surface area (Å²) in [5, 5.41) is 3.21. The number of halogens is 1. The van der Waals surface area contributed by atoms with Gasteiger partial charge in [-0.2, -0.15) is 4.98 Å². The number of hydrogen-bond acceptors (Lipinski definition) is 5. The van der Waals surface area contributed by atoms with Crippen molar-refractivity contribution >= 4 is 11.8 Å². The summed E-state index contributed by atoms with van der Waals surface area (Å²) in [5.41, 5.74) is 1.54. The number of rotatable bonds is 5. The van der Waals surface area contributed by atoms with Gasteiger partial charge in [-0.3, -0.25) is 0 Å². The van der Waals surface area contributed by atoms with Crippen LogP contribution in [0.1, 0.15) is 18.2 Å². The minimum absolute atomic E-state index is 0.202. The summed E-state index contributed by atoms with van der Waals surface area (Å²) in [7, 11) is 0. The number of anilines is 2. The molecule has 1 aliphatic heterocycles. The molecule has 6 heteroatoms. The average molecular weight is 329 g/mol. The van der Waals surface area contributed by atoms with Gasteiger partial charge in [-0.15, -0.1) is 0 Å². The van der Waals surface area contributed by atoms with E-state index < -0.39 is 0 Å². The van der Waals surface area contributed by atoms with Gasteiger partial charge in [-0.1, -0.05) is 25.1 Å². The standard InChI is InChI=1S/C18H24FN5/c1-3-23-8-10-24(11-9-23)18-21-14(2)12-17(22-18)20-13-15-6-4-5-7-16(15)19/h4-7,12H,3,8-11,13H2,1-2H3,(H,20,21,22). The molecule has 1 fully saturated rings. The molecule has 2 aromatic rings. The molecule has 3 rings (SSSR count). The smallest absolute Gasteiger partial charge is 0.227 e. The zero-order chi connectivity index (χ0) is 16.9. The Kier molecular flexibility index (Phi) is 5.25. The summed E-state index contributed by atoms with van der Waals surface area (Å²) in [4.78, 5) is 13.8. The van der Waals surface area contributed by atoms with Crippen LogP contribution in [0, 0.1) is 12.7 Å². The number of nitrogens with one attached hydrogen (secondary N) is 1. The summed E-state index contributed by atoms with van der Waals surface area (Å²) in [6.45, 7) is 9.57. The molecular weight excluding hydrogens is 305 g/mol. The van der Waals surface area contributed by atoms with Crippen LogP contribution >= 0.6 is 0 Å². The van der Waals surface area contributed by atoms with Crippen LogP contribution < -0.4 is 10.2 Å². The van der Waals surface area contributed by atoms with Crippen molar-refractivity contribution < 1.29 is 4.39 Å². The van der Waals surface area contributed by atoms with E-state index in [1.165, 1.54) is 6.07 Å². The van der Waals surface area contributed by atoms with E-state index in [4.69, 9.17) is 0 Å². The Morgan fingerprint density at radius 3 is 2.58 bits per heavy atom. The van der Waals surface area contributed by atoms with E-state index >= 15 is 0 Å². The average Bonchev–Trinajstić information content (AvgIpc) is 2.61. The van der Waals surface area contributed by atoms with Gasteiger partial charge in [-0.05, 0) is 19.5 Å². The predicted octanol–water partition coefficient (Wildman–Crippen LogP) is 2.68. The van der Waals surface area contributed by atoms with Crippen molar-refractivity contribution in [3.05, 3.63) is 47.4 Å². The molecule has 0 spiro atoms. The second-order valence-corrected chi connectivity index (χ2v) is 6.06. The van der Waals surface area contributed by atoms with Gasteiger partial charge in [0.05, 0.1) is 0 Å². The zero-order valence-electron chi connectivity index (χ0n) is 14.3. The van der Waals surface area contributed by atoms with Crippen LogP contribution in [0.15, 0.2) is 30.3 Å². The van der Waals surface area contributed by atoms with Crippen molar-refractivity contribution in [2.24, 2.45) is 0 Å². The van der Waals surface area contributed by atoms with Crippen LogP contribution in [-0.4, -0.2) is 47.6 Å². The van der Waals surface area contributed by atoms with Crippen molar-refractivity contribution in [1.82, 2.24) is 14.9 Å². The van der Waals surface area contributed by atoms with Gasteiger partial charge in [0, 0.05) is 50.0 Å². The third-order valence-corrected chi connectivity index (χ3v) is 4.36. The molecule has 0 unspecified atom stereocenters. The first-order valence-corrected chi connectivity index (χ1v) is 8.46. The van der Waals surface area contributed by atoms with Crippen LogP contribution in [0.4, 0.5) is 16.2 Å². The van der Waals surface area contributed by atoms with E-state index in [2.05, 4.69) is 32.0 Å². The van der Waals surface area contributed by atoms with Crippen molar-refractivity contribution in [3.63, 3.8) is 0 Å². The lowest BCUT2D eigenvalue weighted by Gasteiger charge is -2.34. The molecule has 1 aliphatic rings. The van der Waals surface area contributed by atoms with Gasteiger partial charge < -0.3 is 15.1 Å². The fourth-order valence-electron chi connectivity index (χ4n) is 2.88. The van der Waals surface area contributed by atoms with E-state index in [0.717, 1.165) is 50.2 Å². The zero-order valence-corrected chi connectivity index (χ0v) is 14.3. The molecule has 5 nitrogen and oxygen atoms in total. The highest BCUT2D eigenvalue weighted by atomic mass is 19.1. The molecule has 0 amide bonds. The summed E-state index contributed by atoms with van der Waals surface area (Å²) in [6.07, 6.45) is 0. The third-order valence-electron chi connectivity index (χ3n) is 4.36. The van der Waals surface area contributed by atoms with Crippen LogP contribution in [0.5, 0.6) is 0 Å². The van der Waals surface area contributed by atoms with Crippen molar-refractivity contribution in [2.45, 2.75) is 20.4 Å². The number of likely N-dealkylation sites (N-methyl/N-ethyl adjacent to an activating group) is 1. The first kappa shape index (κ1) is 16.6. The Hall–Kier alpha value is -2.21. The second kappa shape index (κ2) is 7.57. The Balaban J connectivity index is 1.69. The maximum absolute atomic E-state index is 13.7. The number of nitrogens with zero attached hydrogens (tertiary/aromatic N) is 4. The lowest BCUT2D eigenvalue weighted by atomic mass is 10.2. The molecule has 0 bridgehead atoms. The second-order valence-electron chi connectivity index (χ2n) is 6.06. The molecule has 1 N–H and O–H groups in total. The number of aromatic nitrogens is 2. The summed E-state index contributed by atoms with van der Waals surface area (Å²) >= 11 is 0. The van der Waals surface area contributed by atoms with Crippen LogP contribution in [0.3, 0.4) is 0 Å². The Bertz CT molecular complexity index is 683. The Morgan fingerprint density at radius 2 is 1.88 bits per heavy atom. The number of piperazine rings is 1. The SMILES string of the molecule is CCN1CCN(c2nc(C)cc(NCc3ccccc3F)n2)CC1. The highest BCUT2D eigenvalue weighted by Gasteiger charge is 2.18. The minimum Gasteiger partial charge on any atom is -0.366 e. The summed E-state index contributed by atoms with van der Waals surface area (Å²) in [5.74, 6) is 1.28. The Labute approximate surface area is 142 Å². The normalized spacial score (nSPS) is 15.5. The van der Waals surface area contributed by atoms with Crippen molar-refractivity contribution in [1.29, 1.82) is 0 Å². The first-order valence-electron chi connectivity index (χ1n) is 8.46. The third kappa shape index (κ3) is 4.00. The molecule has 1 aromatic carbocycles. The van der Waals surface area contributed by atoms with E-state index in [1.54, 1.807) is 12.1 Å². The fraction of sp³-hybridized carbons (Fsp3) is 0.444. The molecule has 128 valence electrons. The molecule has 24 heavy (non-hydrogen) atoms. The van der Waals surface area contributed by atoms with Crippen molar-refractivity contribution in [3.8, 4) is 0 Å². The molecular formula is C18H24FN5. The fourth-order valence-corrected chi connectivity index (χ4v) is 2.88. The molecule has 1 saturated heterocycles. The van der Waals surface area contributed by atoms with Crippen LogP contribution in [-0.2, 0) is 6.54 Å². The lowest BCUT2D eigenvalue weighted by Crippen LogP contribution is -2.46. The summed E-state index contributed by atoms with van der Waals surface area (Å²) in [6, 6.07) is 8.68. The largest absolute Gasteiger partial charge is 0.366 e. The highest BCUT2D eigenvalue weighted by Crippen LogP contribution is 2.17. The maximum atomic E-state index is 13.7. The van der Waals surface area contributed by atoms with E-state index in [1.807, 2.05) is 19.1 Å². The number of benzene rings is 1. The monoisotopic (exact) mass is 329 g/mol. The quantitative estimate of drug-likeness (QED) is 0.914. The topological polar surface area (TPSA) is 44.3 Å². The van der Waals surface area contributed by atoms with Gasteiger partial charge in [0.2, 0.25) is 5.95 Å². The minimum atomic E-state index is -0.202. The molecule has 2 heterocycles. The lowest BCUT2D eigenvalue weighted by molar-refractivity contribution is 0.270. The van der Waals surface area contributed by atoms with Gasteiger partial charge in [0.15, 0.2) is 0 Å². The summed E-state index contributed by atoms with van der Waals surface area (Å²) < 4.78 is 13.7. The van der Waals surface area contributed by atoms with Gasteiger partial charge in [-0.25, -0.2) is 9.37 Å². The highest BCUT2D eigenvalue weighted by molar-refractivity contribution is 5.44. The van der Waals surface area contributed by atoms with Gasteiger partial charge >= 0.3 is 0 Å². The van der Waals surface area contributed by atoms with Gasteiger partial charge in [0.25, 0.3) is 0 Å². The van der Waals surface area contributed by atoms with E-state index in [0.29, 0.717) is 12.1 Å². The maximum Gasteiger partial charge on any atom is 0.227 e. The predicted molar refractivity (Wildman–Crippen MR) is 94.8 cm³/mol. The van der Waals surface area contributed by atoms with Crippen molar-refractivity contribution in [2.75, 3.05) is 42.9 Å². The Morgan fingerprint density at radius 1 is 1.12 bits per heavy atom. The molecule has 1 aromatic heterocycles. The first-order chi connectivity index (χ1) is 11.7.